The highest BCUT2D eigenvalue weighted by Crippen LogP contribution is 2.15. The molecule has 0 saturated heterocycles. The molecule has 0 amide bonds. The number of nitro groups is 2. The first kappa shape index (κ1) is 18.0. The zero-order chi connectivity index (χ0) is 18.7. The molecular formula is C13H16N6O6. The van der Waals surface area contributed by atoms with E-state index < -0.39 is 21.9 Å². The Morgan fingerprint density at radius 3 is 1.76 bits per heavy atom. The Bertz CT molecular complexity index is 765. The van der Waals surface area contributed by atoms with Gasteiger partial charge in [0.05, 0.1) is 13.1 Å². The molecule has 0 bridgehead atoms. The Labute approximate surface area is 141 Å². The number of aryl methyl sites for hydroxylation is 2. The number of nitrogens with zero attached hydrogens (tertiary/aromatic N) is 6. The molecule has 12 heteroatoms. The highest BCUT2D eigenvalue weighted by molar-refractivity contribution is 5.66. The standard InChI is InChI=1S/C13H16N6O6/c1-8-14-12(18(21)22)6-16(8)4-11(25-10(3)20)5-17-7-13(19(23)24)15-9(17)2/h6-7,11H,4-5H2,1-3H3. The van der Waals surface area contributed by atoms with Crippen molar-refractivity contribution in [3.63, 3.8) is 0 Å². The summed E-state index contributed by atoms with van der Waals surface area (Å²) in [6.45, 7) is 4.63. The van der Waals surface area contributed by atoms with Gasteiger partial charge in [0.25, 0.3) is 0 Å². The zero-order valence-electron chi connectivity index (χ0n) is 13.8. The van der Waals surface area contributed by atoms with Crippen molar-refractivity contribution in [3.8, 4) is 0 Å². The molecule has 12 nitrogen and oxygen atoms in total. The van der Waals surface area contributed by atoms with Crippen LogP contribution in [0.3, 0.4) is 0 Å². The number of carbonyl (C=O) groups is 1. The maximum atomic E-state index is 11.3. The predicted octanol–water partition coefficient (Wildman–Crippen LogP) is 1.14. The minimum Gasteiger partial charge on any atom is -0.459 e. The Morgan fingerprint density at radius 2 is 1.48 bits per heavy atom. The zero-order valence-corrected chi connectivity index (χ0v) is 13.8. The maximum Gasteiger partial charge on any atom is 0.381 e. The van der Waals surface area contributed by atoms with Gasteiger partial charge in [-0.05, 0) is 19.8 Å². The van der Waals surface area contributed by atoms with Crippen LogP contribution in [-0.4, -0.2) is 41.0 Å². The van der Waals surface area contributed by atoms with E-state index in [9.17, 15) is 25.0 Å². The first-order chi connectivity index (χ1) is 11.7. The van der Waals surface area contributed by atoms with Crippen LogP contribution in [0.1, 0.15) is 18.6 Å². The van der Waals surface area contributed by atoms with Crippen LogP contribution in [0, 0.1) is 34.1 Å². The fourth-order valence-electron chi connectivity index (χ4n) is 2.33. The molecule has 0 radical (unpaired) electrons. The Hall–Kier alpha value is -3.31. The van der Waals surface area contributed by atoms with E-state index in [1.165, 1.54) is 28.5 Å². The fourth-order valence-corrected chi connectivity index (χ4v) is 2.33. The van der Waals surface area contributed by atoms with Gasteiger partial charge in [-0.1, -0.05) is 0 Å². The van der Waals surface area contributed by atoms with Gasteiger partial charge in [-0.2, -0.15) is 0 Å². The van der Waals surface area contributed by atoms with Crippen LogP contribution in [0.15, 0.2) is 12.4 Å². The molecule has 0 unspecified atom stereocenters. The van der Waals surface area contributed by atoms with E-state index in [-0.39, 0.29) is 24.7 Å². The highest BCUT2D eigenvalue weighted by atomic mass is 16.6. The number of hydrogen-bond donors (Lipinski definition) is 0. The Kier molecular flexibility index (Phi) is 5.10. The third-order valence-electron chi connectivity index (χ3n) is 3.43. The van der Waals surface area contributed by atoms with E-state index in [0.717, 1.165) is 0 Å². The van der Waals surface area contributed by atoms with E-state index in [1.807, 2.05) is 0 Å². The lowest BCUT2D eigenvalue weighted by atomic mass is 10.3. The quantitative estimate of drug-likeness (QED) is 0.409. The number of imidazole rings is 2. The van der Waals surface area contributed by atoms with E-state index in [0.29, 0.717) is 11.6 Å². The van der Waals surface area contributed by atoms with Crippen LogP contribution in [0.5, 0.6) is 0 Å². The molecule has 0 aromatic carbocycles. The summed E-state index contributed by atoms with van der Waals surface area (Å²) in [5, 5.41) is 21.6. The van der Waals surface area contributed by atoms with Crippen LogP contribution in [0.4, 0.5) is 11.6 Å². The van der Waals surface area contributed by atoms with Crippen LogP contribution in [0.25, 0.3) is 0 Å². The van der Waals surface area contributed by atoms with Crippen molar-refractivity contribution >= 4 is 17.6 Å². The number of aromatic nitrogens is 4. The van der Waals surface area contributed by atoms with Gasteiger partial charge in [0.15, 0.2) is 0 Å². The molecule has 0 fully saturated rings. The second-order valence-corrected chi connectivity index (χ2v) is 5.34. The molecule has 0 N–H and O–H groups in total. The Morgan fingerprint density at radius 1 is 1.08 bits per heavy atom. The van der Waals surface area contributed by atoms with Crippen molar-refractivity contribution in [1.29, 1.82) is 0 Å². The molecule has 2 heterocycles. The highest BCUT2D eigenvalue weighted by Gasteiger charge is 2.23. The average Bonchev–Trinajstić information content (AvgIpc) is 3.03. The summed E-state index contributed by atoms with van der Waals surface area (Å²) in [4.78, 5) is 39.3. The van der Waals surface area contributed by atoms with Gasteiger partial charge in [-0.15, -0.1) is 0 Å². The molecule has 2 aromatic heterocycles. The van der Waals surface area contributed by atoms with Crippen LogP contribution in [0.2, 0.25) is 0 Å². The molecule has 2 rings (SSSR count). The summed E-state index contributed by atoms with van der Waals surface area (Å²) in [6, 6.07) is 0. The van der Waals surface area contributed by atoms with Crippen molar-refractivity contribution in [2.45, 2.75) is 40.0 Å². The monoisotopic (exact) mass is 352 g/mol. The molecule has 2 aromatic rings. The number of hydrogen-bond acceptors (Lipinski definition) is 8. The summed E-state index contributed by atoms with van der Waals surface area (Å²) in [5.74, 6) is -0.388. The van der Waals surface area contributed by atoms with Crippen LogP contribution >= 0.6 is 0 Å². The summed E-state index contributed by atoms with van der Waals surface area (Å²) >= 11 is 0. The molecule has 0 aliphatic rings. The molecular weight excluding hydrogens is 336 g/mol. The van der Waals surface area contributed by atoms with Gasteiger partial charge in [0.2, 0.25) is 11.6 Å². The lowest BCUT2D eigenvalue weighted by molar-refractivity contribution is -0.389. The van der Waals surface area contributed by atoms with Gasteiger partial charge in [-0.3, -0.25) is 4.79 Å². The SMILES string of the molecule is CC(=O)OC(Cn1cc([N+](=O)[O-])nc1C)Cn1cc([N+](=O)[O-])nc1C. The van der Waals surface area contributed by atoms with Gasteiger partial charge >= 0.3 is 17.6 Å². The van der Waals surface area contributed by atoms with Crippen LogP contribution < -0.4 is 0 Å². The van der Waals surface area contributed by atoms with Gasteiger partial charge < -0.3 is 34.1 Å². The Balaban J connectivity index is 2.23. The van der Waals surface area contributed by atoms with Crippen LogP contribution in [-0.2, 0) is 22.6 Å². The second kappa shape index (κ2) is 7.07. The molecule has 134 valence electrons. The smallest absolute Gasteiger partial charge is 0.381 e. The molecule has 0 saturated carbocycles. The first-order valence-electron chi connectivity index (χ1n) is 7.21. The summed E-state index contributed by atoms with van der Waals surface area (Å²) in [6.07, 6.45) is 1.78. The average molecular weight is 352 g/mol. The lowest BCUT2D eigenvalue weighted by Crippen LogP contribution is -2.28. The summed E-state index contributed by atoms with van der Waals surface area (Å²) in [7, 11) is 0. The lowest BCUT2D eigenvalue weighted by Gasteiger charge is -2.18. The first-order valence-corrected chi connectivity index (χ1v) is 7.21. The summed E-state index contributed by atoms with van der Waals surface area (Å²) in [5.41, 5.74) is 0. The van der Waals surface area contributed by atoms with Gasteiger partial charge in [0.1, 0.15) is 18.5 Å². The summed E-state index contributed by atoms with van der Waals surface area (Å²) < 4.78 is 8.22. The molecule has 0 aliphatic carbocycles. The number of ether oxygens (including phenoxy) is 1. The largest absolute Gasteiger partial charge is 0.459 e. The van der Waals surface area contributed by atoms with Crippen molar-refractivity contribution in [1.82, 2.24) is 19.1 Å². The normalized spacial score (nSPS) is 10.9. The van der Waals surface area contributed by atoms with Gasteiger partial charge in [0, 0.05) is 20.8 Å². The van der Waals surface area contributed by atoms with E-state index >= 15 is 0 Å². The minimum atomic E-state index is -0.711. The predicted molar refractivity (Wildman–Crippen MR) is 82.8 cm³/mol. The number of rotatable bonds is 7. The molecule has 0 aliphatic heterocycles. The third kappa shape index (κ3) is 4.37. The maximum absolute atomic E-state index is 11.3. The van der Waals surface area contributed by atoms with E-state index in [1.54, 1.807) is 13.8 Å². The molecule has 0 atom stereocenters. The van der Waals surface area contributed by atoms with Crippen molar-refractivity contribution in [3.05, 3.63) is 44.3 Å². The van der Waals surface area contributed by atoms with Crippen molar-refractivity contribution in [2.24, 2.45) is 0 Å². The topological polar surface area (TPSA) is 148 Å². The minimum absolute atomic E-state index is 0.109. The number of carbonyl (C=O) groups excluding carboxylic acids is 1. The van der Waals surface area contributed by atoms with Gasteiger partial charge in [-0.25, -0.2) is 0 Å². The third-order valence-corrected chi connectivity index (χ3v) is 3.43. The second-order valence-electron chi connectivity index (χ2n) is 5.34. The molecule has 25 heavy (non-hydrogen) atoms. The fraction of sp³-hybridized carbons (Fsp3) is 0.462. The van der Waals surface area contributed by atoms with Crippen molar-refractivity contribution < 1.29 is 19.4 Å². The number of esters is 1. The van der Waals surface area contributed by atoms with Crippen molar-refractivity contribution in [2.75, 3.05) is 0 Å². The van der Waals surface area contributed by atoms with E-state index in [4.69, 9.17) is 4.74 Å². The molecule has 0 spiro atoms. The van der Waals surface area contributed by atoms with E-state index in [2.05, 4.69) is 9.97 Å².